The van der Waals surface area contributed by atoms with Crippen LogP contribution in [0.4, 0.5) is 0 Å². The Morgan fingerprint density at radius 1 is 1.45 bits per heavy atom. The highest BCUT2D eigenvalue weighted by Crippen LogP contribution is 2.31. The number of rotatable bonds is 5. The highest BCUT2D eigenvalue weighted by molar-refractivity contribution is 6.52. The topological polar surface area (TPSA) is 20.2 Å². The van der Waals surface area contributed by atoms with Crippen molar-refractivity contribution in [2.75, 3.05) is 6.61 Å². The number of halogens is 3. The molecule has 1 unspecified atom stereocenters. The molecule has 11 heavy (non-hydrogen) atoms. The Hall–Kier alpha value is 0.830. The summed E-state index contributed by atoms with van der Waals surface area (Å²) in [6.45, 7) is 1.76. The molecule has 0 aliphatic heterocycles. The molecule has 1 N–H and O–H groups in total. The highest BCUT2D eigenvalue weighted by atomic mass is 35.5. The summed E-state index contributed by atoms with van der Waals surface area (Å²) in [5.74, 6) is 0. The molecule has 0 aromatic rings. The van der Waals surface area contributed by atoms with Gasteiger partial charge < -0.3 is 5.11 Å². The Kier molecular flexibility index (Phi) is 5.88. The lowest BCUT2D eigenvalue weighted by molar-refractivity contribution is 0.273. The minimum absolute atomic E-state index is 0.298. The maximum atomic E-state index is 8.72. The summed E-state index contributed by atoms with van der Waals surface area (Å²) in [5, 5.41) is 8.35. The van der Waals surface area contributed by atoms with Gasteiger partial charge >= 0.3 is 0 Å². The van der Waals surface area contributed by atoms with Crippen molar-refractivity contribution in [2.24, 2.45) is 0 Å². The monoisotopic (exact) mass is 218 g/mol. The van der Waals surface area contributed by atoms with Gasteiger partial charge in [0.1, 0.15) is 0 Å². The standard InChI is InChI=1S/C7H13Cl3O/c1-2-3-4-6(8)7(9,10)5-11/h6,11H,2-5H2,1H3. The molecule has 1 nitrogen and oxygen atoms in total. The molecule has 0 radical (unpaired) electrons. The maximum Gasteiger partial charge on any atom is 0.157 e. The zero-order chi connectivity index (χ0) is 8.91. The van der Waals surface area contributed by atoms with Gasteiger partial charge in [-0.25, -0.2) is 0 Å². The highest BCUT2D eigenvalue weighted by Gasteiger charge is 2.31. The fourth-order valence-corrected chi connectivity index (χ4v) is 1.14. The summed E-state index contributed by atoms with van der Waals surface area (Å²) >= 11 is 17.2. The van der Waals surface area contributed by atoms with Gasteiger partial charge in [0.25, 0.3) is 0 Å². The predicted molar refractivity (Wildman–Crippen MR) is 50.7 cm³/mol. The van der Waals surface area contributed by atoms with Crippen molar-refractivity contribution < 1.29 is 5.11 Å². The normalized spacial score (nSPS) is 15.0. The second kappa shape index (κ2) is 5.47. The molecule has 0 spiro atoms. The third-order valence-electron chi connectivity index (χ3n) is 1.48. The molecule has 0 bridgehead atoms. The van der Waals surface area contributed by atoms with E-state index in [2.05, 4.69) is 6.92 Å². The van der Waals surface area contributed by atoms with Gasteiger partial charge in [0, 0.05) is 0 Å². The number of aliphatic hydroxyl groups is 1. The number of hydrogen-bond acceptors (Lipinski definition) is 1. The van der Waals surface area contributed by atoms with Gasteiger partial charge in [0.15, 0.2) is 4.33 Å². The first-order valence-corrected chi connectivity index (χ1v) is 4.86. The third-order valence-corrected chi connectivity index (χ3v) is 3.06. The fraction of sp³-hybridized carbons (Fsp3) is 1.00. The lowest BCUT2D eigenvalue weighted by Crippen LogP contribution is -2.30. The van der Waals surface area contributed by atoms with Gasteiger partial charge in [-0.15, -0.1) is 11.6 Å². The largest absolute Gasteiger partial charge is 0.393 e. The summed E-state index contributed by atoms with van der Waals surface area (Å²) < 4.78 is -1.18. The first kappa shape index (κ1) is 11.8. The Balaban J connectivity index is 3.71. The first-order valence-electron chi connectivity index (χ1n) is 3.67. The van der Waals surface area contributed by atoms with Crippen molar-refractivity contribution in [1.29, 1.82) is 0 Å². The van der Waals surface area contributed by atoms with Crippen LogP contribution >= 0.6 is 34.8 Å². The van der Waals surface area contributed by atoms with Crippen molar-refractivity contribution in [3.63, 3.8) is 0 Å². The van der Waals surface area contributed by atoms with Crippen LogP contribution in [0.25, 0.3) is 0 Å². The summed E-state index contributed by atoms with van der Waals surface area (Å²) in [6.07, 6.45) is 2.78. The molecule has 0 heterocycles. The van der Waals surface area contributed by atoms with Crippen LogP contribution in [0.3, 0.4) is 0 Å². The van der Waals surface area contributed by atoms with E-state index in [0.29, 0.717) is 0 Å². The molecule has 0 amide bonds. The summed E-state index contributed by atoms with van der Waals surface area (Å²) in [6, 6.07) is 0. The number of aliphatic hydroxyl groups excluding tert-OH is 1. The van der Waals surface area contributed by atoms with Crippen molar-refractivity contribution in [3.8, 4) is 0 Å². The smallest absolute Gasteiger partial charge is 0.157 e. The Morgan fingerprint density at radius 2 is 2.00 bits per heavy atom. The van der Waals surface area contributed by atoms with Crippen LogP contribution in [-0.4, -0.2) is 21.4 Å². The summed E-state index contributed by atoms with van der Waals surface area (Å²) in [7, 11) is 0. The van der Waals surface area contributed by atoms with Crippen molar-refractivity contribution in [3.05, 3.63) is 0 Å². The van der Waals surface area contributed by atoms with Crippen LogP contribution in [0.5, 0.6) is 0 Å². The maximum absolute atomic E-state index is 8.72. The van der Waals surface area contributed by atoms with Gasteiger partial charge in [-0.05, 0) is 6.42 Å². The molecule has 0 rings (SSSR count). The average Bonchev–Trinajstić information content (AvgIpc) is 2.00. The fourth-order valence-electron chi connectivity index (χ4n) is 0.694. The molecule has 0 fully saturated rings. The van der Waals surface area contributed by atoms with Crippen molar-refractivity contribution in [2.45, 2.75) is 35.9 Å². The number of alkyl halides is 3. The molecule has 0 aromatic carbocycles. The molecule has 0 aromatic heterocycles. The van der Waals surface area contributed by atoms with Crippen LogP contribution in [-0.2, 0) is 0 Å². The molecule has 1 atom stereocenters. The van der Waals surface area contributed by atoms with E-state index in [1.807, 2.05) is 0 Å². The second-order valence-electron chi connectivity index (χ2n) is 2.53. The van der Waals surface area contributed by atoms with E-state index in [4.69, 9.17) is 39.9 Å². The van der Waals surface area contributed by atoms with E-state index in [-0.39, 0.29) is 12.0 Å². The van der Waals surface area contributed by atoms with Crippen LogP contribution in [0.1, 0.15) is 26.2 Å². The average molecular weight is 220 g/mol. The van der Waals surface area contributed by atoms with E-state index in [1.165, 1.54) is 0 Å². The van der Waals surface area contributed by atoms with Crippen LogP contribution in [0.2, 0.25) is 0 Å². The van der Waals surface area contributed by atoms with Gasteiger partial charge in [-0.2, -0.15) is 0 Å². The summed E-state index contributed by atoms with van der Waals surface area (Å²) in [4.78, 5) is 0. The third kappa shape index (κ3) is 4.41. The van der Waals surface area contributed by atoms with E-state index < -0.39 is 4.33 Å². The molecular weight excluding hydrogens is 206 g/mol. The lowest BCUT2D eigenvalue weighted by atomic mass is 10.1. The molecular formula is C7H13Cl3O. The molecule has 0 saturated heterocycles. The summed E-state index contributed by atoms with van der Waals surface area (Å²) in [5.41, 5.74) is 0. The van der Waals surface area contributed by atoms with E-state index in [9.17, 15) is 0 Å². The quantitative estimate of drug-likeness (QED) is 0.705. The molecule has 0 saturated carbocycles. The van der Waals surface area contributed by atoms with Crippen molar-refractivity contribution >= 4 is 34.8 Å². The number of unbranched alkanes of at least 4 members (excludes halogenated alkanes) is 1. The van der Waals surface area contributed by atoms with E-state index in [1.54, 1.807) is 0 Å². The Bertz CT molecular complexity index is 106. The molecule has 68 valence electrons. The van der Waals surface area contributed by atoms with E-state index >= 15 is 0 Å². The molecule has 4 heteroatoms. The van der Waals surface area contributed by atoms with Crippen LogP contribution < -0.4 is 0 Å². The van der Waals surface area contributed by atoms with Crippen LogP contribution in [0, 0.1) is 0 Å². The molecule has 0 aliphatic rings. The second-order valence-corrected chi connectivity index (χ2v) is 4.60. The zero-order valence-electron chi connectivity index (χ0n) is 6.49. The van der Waals surface area contributed by atoms with Crippen LogP contribution in [0.15, 0.2) is 0 Å². The van der Waals surface area contributed by atoms with Crippen molar-refractivity contribution in [1.82, 2.24) is 0 Å². The molecule has 0 aliphatic carbocycles. The Labute approximate surface area is 82.6 Å². The minimum Gasteiger partial charge on any atom is -0.393 e. The van der Waals surface area contributed by atoms with Gasteiger partial charge in [0.05, 0.1) is 12.0 Å². The zero-order valence-corrected chi connectivity index (χ0v) is 8.75. The van der Waals surface area contributed by atoms with E-state index in [0.717, 1.165) is 19.3 Å². The van der Waals surface area contributed by atoms with Gasteiger partial charge in [0.2, 0.25) is 0 Å². The SMILES string of the molecule is CCCCC(Cl)C(Cl)(Cl)CO. The van der Waals surface area contributed by atoms with Gasteiger partial charge in [-0.3, -0.25) is 0 Å². The minimum atomic E-state index is -1.18. The lowest BCUT2D eigenvalue weighted by Gasteiger charge is -2.22. The Morgan fingerprint density at radius 3 is 2.36 bits per heavy atom. The first-order chi connectivity index (χ1) is 5.04. The predicted octanol–water partition coefficient (Wildman–Crippen LogP) is 2.95. The number of hydrogen-bond donors (Lipinski definition) is 1. The van der Waals surface area contributed by atoms with Gasteiger partial charge in [-0.1, -0.05) is 43.0 Å².